The molecule has 0 bridgehead atoms. The van der Waals surface area contributed by atoms with Crippen LogP contribution in [0.1, 0.15) is 30.2 Å². The SMILES string of the molecule is Cc1oncc1N1CCC(=Cc2cccc(Oc3ncc(C(F)(F)F)cn3)c2)C(C)C1. The van der Waals surface area contributed by atoms with Crippen LogP contribution < -0.4 is 9.64 Å². The maximum Gasteiger partial charge on any atom is 0.419 e. The number of hydrogen-bond acceptors (Lipinski definition) is 6. The second kappa shape index (κ2) is 8.41. The molecule has 1 fully saturated rings. The fraction of sp³-hybridized carbons (Fsp3) is 0.318. The Bertz CT molecular complexity index is 1080. The Morgan fingerprint density at radius 3 is 2.61 bits per heavy atom. The summed E-state index contributed by atoms with van der Waals surface area (Å²) in [7, 11) is 0. The summed E-state index contributed by atoms with van der Waals surface area (Å²) in [6, 6.07) is 7.17. The number of alkyl halides is 3. The van der Waals surface area contributed by atoms with Crippen molar-refractivity contribution in [3.05, 3.63) is 65.3 Å². The number of aromatic nitrogens is 3. The molecule has 162 valence electrons. The lowest BCUT2D eigenvalue weighted by Gasteiger charge is -2.34. The van der Waals surface area contributed by atoms with Crippen LogP contribution in [-0.2, 0) is 6.18 Å². The van der Waals surface area contributed by atoms with Crippen molar-refractivity contribution in [2.24, 2.45) is 5.92 Å². The Labute approximate surface area is 177 Å². The van der Waals surface area contributed by atoms with Crippen LogP contribution >= 0.6 is 0 Å². The van der Waals surface area contributed by atoms with E-state index in [-0.39, 0.29) is 6.01 Å². The first-order valence-corrected chi connectivity index (χ1v) is 9.83. The number of aryl methyl sites for hydroxylation is 1. The van der Waals surface area contributed by atoms with E-state index >= 15 is 0 Å². The molecule has 4 rings (SSSR count). The zero-order chi connectivity index (χ0) is 22.0. The van der Waals surface area contributed by atoms with Gasteiger partial charge in [0.1, 0.15) is 11.4 Å². The van der Waals surface area contributed by atoms with Gasteiger partial charge in [-0.15, -0.1) is 0 Å². The molecule has 0 amide bonds. The predicted molar refractivity (Wildman–Crippen MR) is 109 cm³/mol. The Kier molecular flexibility index (Phi) is 5.67. The molecule has 0 spiro atoms. The molecular weight excluding hydrogens is 409 g/mol. The van der Waals surface area contributed by atoms with Gasteiger partial charge in [-0.1, -0.05) is 35.9 Å². The highest BCUT2D eigenvalue weighted by molar-refractivity contribution is 5.57. The van der Waals surface area contributed by atoms with Gasteiger partial charge < -0.3 is 14.2 Å². The maximum atomic E-state index is 12.6. The van der Waals surface area contributed by atoms with Crippen LogP contribution in [0.2, 0.25) is 0 Å². The summed E-state index contributed by atoms with van der Waals surface area (Å²) in [6.45, 7) is 5.82. The van der Waals surface area contributed by atoms with Gasteiger partial charge in [-0.25, -0.2) is 9.97 Å². The van der Waals surface area contributed by atoms with Crippen LogP contribution in [0.4, 0.5) is 18.9 Å². The molecule has 1 atom stereocenters. The minimum absolute atomic E-state index is 0.136. The van der Waals surface area contributed by atoms with Gasteiger partial charge in [-0.05, 0) is 37.0 Å². The molecule has 1 aliphatic heterocycles. The topological polar surface area (TPSA) is 64.3 Å². The zero-order valence-corrected chi connectivity index (χ0v) is 17.1. The third kappa shape index (κ3) is 4.87. The second-order valence-corrected chi connectivity index (χ2v) is 7.51. The molecule has 3 aromatic rings. The number of piperidine rings is 1. The highest BCUT2D eigenvalue weighted by atomic mass is 19.4. The van der Waals surface area contributed by atoms with Gasteiger partial charge >= 0.3 is 12.2 Å². The van der Waals surface area contributed by atoms with Gasteiger partial charge in [0.05, 0.1) is 11.8 Å². The van der Waals surface area contributed by atoms with Crippen LogP contribution in [0.5, 0.6) is 11.8 Å². The summed E-state index contributed by atoms with van der Waals surface area (Å²) in [6.07, 6.45) is 1.72. The molecule has 3 heterocycles. The maximum absolute atomic E-state index is 12.6. The fourth-order valence-electron chi connectivity index (χ4n) is 3.58. The number of nitrogens with zero attached hydrogens (tertiary/aromatic N) is 4. The normalized spacial score (nSPS) is 18.4. The van der Waals surface area contributed by atoms with Gasteiger partial charge in [0.2, 0.25) is 0 Å². The van der Waals surface area contributed by atoms with Crippen molar-refractivity contribution >= 4 is 11.8 Å². The Morgan fingerprint density at radius 1 is 1.19 bits per heavy atom. The van der Waals surface area contributed by atoms with Crippen molar-refractivity contribution < 1.29 is 22.4 Å². The van der Waals surface area contributed by atoms with Gasteiger partial charge in [-0.3, -0.25) is 0 Å². The lowest BCUT2D eigenvalue weighted by atomic mass is 9.91. The third-order valence-corrected chi connectivity index (χ3v) is 5.24. The monoisotopic (exact) mass is 430 g/mol. The molecule has 6 nitrogen and oxygen atoms in total. The molecule has 2 aromatic heterocycles. The molecule has 1 saturated heterocycles. The van der Waals surface area contributed by atoms with Gasteiger partial charge in [0.25, 0.3) is 0 Å². The first kappa shape index (κ1) is 20.9. The van der Waals surface area contributed by atoms with Crippen LogP contribution in [0.3, 0.4) is 0 Å². The Morgan fingerprint density at radius 2 is 1.97 bits per heavy atom. The lowest BCUT2D eigenvalue weighted by molar-refractivity contribution is -0.138. The van der Waals surface area contributed by atoms with Crippen molar-refractivity contribution in [2.75, 3.05) is 18.0 Å². The first-order valence-electron chi connectivity index (χ1n) is 9.83. The lowest BCUT2D eigenvalue weighted by Crippen LogP contribution is -2.35. The van der Waals surface area contributed by atoms with Crippen LogP contribution in [0.15, 0.2) is 53.0 Å². The second-order valence-electron chi connectivity index (χ2n) is 7.51. The average Bonchev–Trinajstić information content (AvgIpc) is 3.15. The Hall–Kier alpha value is -3.36. The molecule has 31 heavy (non-hydrogen) atoms. The predicted octanol–water partition coefficient (Wildman–Crippen LogP) is 5.51. The van der Waals surface area contributed by atoms with E-state index in [9.17, 15) is 13.2 Å². The average molecular weight is 430 g/mol. The van der Waals surface area contributed by atoms with Gasteiger partial charge in [0.15, 0.2) is 5.76 Å². The van der Waals surface area contributed by atoms with Crippen molar-refractivity contribution in [1.29, 1.82) is 0 Å². The molecule has 1 aliphatic rings. The molecule has 0 radical (unpaired) electrons. The number of anilines is 1. The van der Waals surface area contributed by atoms with Crippen LogP contribution in [0, 0.1) is 12.8 Å². The minimum Gasteiger partial charge on any atom is -0.424 e. The molecule has 1 aromatic carbocycles. The highest BCUT2D eigenvalue weighted by Crippen LogP contribution is 2.31. The van der Waals surface area contributed by atoms with E-state index in [4.69, 9.17) is 9.26 Å². The number of rotatable bonds is 4. The summed E-state index contributed by atoms with van der Waals surface area (Å²) in [5, 5.41) is 3.86. The molecule has 0 saturated carbocycles. The standard InChI is InChI=1S/C22H21F3N4O2/c1-14-13-29(20-12-28-31-15(20)2)7-6-17(14)8-16-4-3-5-19(9-16)30-21-26-10-18(11-27-21)22(23,24)25/h3-5,8-12,14H,6-7,13H2,1-2H3. The van der Waals surface area contributed by atoms with Crippen LogP contribution in [0.25, 0.3) is 6.08 Å². The number of ether oxygens (including phenoxy) is 1. The highest BCUT2D eigenvalue weighted by Gasteiger charge is 2.31. The van der Waals surface area contributed by atoms with E-state index in [0.717, 1.165) is 36.5 Å². The third-order valence-electron chi connectivity index (χ3n) is 5.24. The minimum atomic E-state index is -4.48. The van der Waals surface area contributed by atoms with Crippen molar-refractivity contribution in [2.45, 2.75) is 26.4 Å². The number of halogens is 3. The molecule has 0 N–H and O–H groups in total. The molecule has 1 unspecified atom stereocenters. The van der Waals surface area contributed by atoms with E-state index in [1.807, 2.05) is 25.1 Å². The van der Waals surface area contributed by atoms with E-state index in [1.165, 1.54) is 5.57 Å². The summed E-state index contributed by atoms with van der Waals surface area (Å²) >= 11 is 0. The number of benzene rings is 1. The van der Waals surface area contributed by atoms with E-state index in [2.05, 4.69) is 33.0 Å². The van der Waals surface area contributed by atoms with Crippen LogP contribution in [-0.4, -0.2) is 28.2 Å². The summed E-state index contributed by atoms with van der Waals surface area (Å²) in [4.78, 5) is 9.57. The Balaban J connectivity index is 1.45. The van der Waals surface area contributed by atoms with Crippen molar-refractivity contribution in [3.63, 3.8) is 0 Å². The zero-order valence-electron chi connectivity index (χ0n) is 17.1. The molecule has 9 heteroatoms. The van der Waals surface area contributed by atoms with E-state index < -0.39 is 11.7 Å². The summed E-state index contributed by atoms with van der Waals surface area (Å²) < 4.78 is 48.6. The smallest absolute Gasteiger partial charge is 0.419 e. The largest absolute Gasteiger partial charge is 0.424 e. The summed E-state index contributed by atoms with van der Waals surface area (Å²) in [5.41, 5.74) is 2.37. The van der Waals surface area contributed by atoms with Crippen molar-refractivity contribution in [1.82, 2.24) is 15.1 Å². The fourth-order valence-corrected chi connectivity index (χ4v) is 3.58. The van der Waals surface area contributed by atoms with Crippen molar-refractivity contribution in [3.8, 4) is 11.8 Å². The number of hydrogen-bond donors (Lipinski definition) is 0. The van der Waals surface area contributed by atoms with E-state index in [0.29, 0.717) is 24.1 Å². The first-order chi connectivity index (χ1) is 14.8. The van der Waals surface area contributed by atoms with Gasteiger partial charge in [0, 0.05) is 25.5 Å². The van der Waals surface area contributed by atoms with Gasteiger partial charge in [-0.2, -0.15) is 13.2 Å². The quantitative estimate of drug-likeness (QED) is 0.544. The summed E-state index contributed by atoms with van der Waals surface area (Å²) in [5.74, 6) is 1.61. The molecular formula is C22H21F3N4O2. The van der Waals surface area contributed by atoms with E-state index in [1.54, 1.807) is 12.3 Å². The molecule has 0 aliphatic carbocycles.